The predicted octanol–water partition coefficient (Wildman–Crippen LogP) is 2.85. The molecule has 0 saturated heterocycles. The van der Waals surface area contributed by atoms with Crippen LogP contribution in [-0.4, -0.2) is 31.1 Å². The van der Waals surface area contributed by atoms with Crippen molar-refractivity contribution in [1.82, 2.24) is 0 Å². The third kappa shape index (κ3) is 2.71. The number of carbonyl (C=O) groups excluding carboxylic acids is 2. The minimum Gasteiger partial charge on any atom is -0.502 e. The molecule has 3 rings (SSSR count). The Morgan fingerprint density at radius 2 is 1.60 bits per heavy atom. The molecule has 0 bridgehead atoms. The van der Waals surface area contributed by atoms with E-state index in [-0.39, 0.29) is 11.3 Å². The van der Waals surface area contributed by atoms with E-state index in [1.54, 1.807) is 30.3 Å². The van der Waals surface area contributed by atoms with Gasteiger partial charge >= 0.3 is 5.91 Å². The lowest BCUT2D eigenvalue weighted by Crippen LogP contribution is -2.31. The number of benzene rings is 2. The first-order valence-corrected chi connectivity index (χ1v) is 7.59. The number of rotatable bonds is 4. The third-order valence-electron chi connectivity index (χ3n) is 4.03. The van der Waals surface area contributed by atoms with Gasteiger partial charge in [-0.05, 0) is 24.6 Å². The van der Waals surface area contributed by atoms with Crippen molar-refractivity contribution in [2.24, 2.45) is 0 Å². The smallest absolute Gasteiger partial charge is 0.301 e. The van der Waals surface area contributed by atoms with E-state index in [0.29, 0.717) is 17.1 Å². The number of hydrogen-bond donors (Lipinski definition) is 1. The van der Waals surface area contributed by atoms with E-state index in [2.05, 4.69) is 0 Å². The van der Waals surface area contributed by atoms with Gasteiger partial charge in [-0.2, -0.15) is 0 Å². The maximum Gasteiger partial charge on any atom is 0.301 e. The molecule has 6 heteroatoms. The van der Waals surface area contributed by atoms with E-state index in [9.17, 15) is 14.7 Å². The Labute approximate surface area is 144 Å². The van der Waals surface area contributed by atoms with Crippen LogP contribution in [-0.2, 0) is 9.59 Å². The van der Waals surface area contributed by atoms with Gasteiger partial charge in [0.1, 0.15) is 11.5 Å². The van der Waals surface area contributed by atoms with Crippen molar-refractivity contribution in [2.75, 3.05) is 19.1 Å². The summed E-state index contributed by atoms with van der Waals surface area (Å²) in [6.45, 7) is 1.91. The molecular weight excluding hydrogens is 322 g/mol. The SMILES string of the molecule is COc1ccc(N2C(=O)C(O)=C(c3ccc(C)cc3)C2=O)c(OC)c1. The zero-order valence-corrected chi connectivity index (χ0v) is 14.1. The van der Waals surface area contributed by atoms with Gasteiger partial charge in [-0.1, -0.05) is 29.8 Å². The molecule has 0 fully saturated rings. The first-order valence-electron chi connectivity index (χ1n) is 7.59. The van der Waals surface area contributed by atoms with Crippen molar-refractivity contribution in [3.8, 4) is 11.5 Å². The van der Waals surface area contributed by atoms with Crippen molar-refractivity contribution in [1.29, 1.82) is 0 Å². The first kappa shape index (κ1) is 16.6. The largest absolute Gasteiger partial charge is 0.502 e. The number of aliphatic hydroxyl groups excluding tert-OH is 1. The summed E-state index contributed by atoms with van der Waals surface area (Å²) in [6, 6.07) is 11.7. The number of aliphatic hydroxyl groups is 1. The van der Waals surface area contributed by atoms with E-state index in [1.165, 1.54) is 14.2 Å². The molecule has 0 aliphatic carbocycles. The van der Waals surface area contributed by atoms with Crippen molar-refractivity contribution >= 4 is 23.1 Å². The van der Waals surface area contributed by atoms with Gasteiger partial charge in [0.05, 0.1) is 25.5 Å². The van der Waals surface area contributed by atoms with Crippen LogP contribution >= 0.6 is 0 Å². The fraction of sp³-hybridized carbons (Fsp3) is 0.158. The summed E-state index contributed by atoms with van der Waals surface area (Å²) in [5, 5.41) is 10.2. The summed E-state index contributed by atoms with van der Waals surface area (Å²) in [6.07, 6.45) is 0. The Bertz CT molecular complexity index is 883. The van der Waals surface area contributed by atoms with Crippen molar-refractivity contribution in [2.45, 2.75) is 6.92 Å². The van der Waals surface area contributed by atoms with Gasteiger partial charge in [-0.25, -0.2) is 4.90 Å². The highest BCUT2D eigenvalue weighted by Crippen LogP contribution is 2.38. The van der Waals surface area contributed by atoms with Gasteiger partial charge in [0, 0.05) is 6.07 Å². The number of carbonyl (C=O) groups is 2. The van der Waals surface area contributed by atoms with Crippen LogP contribution in [0.25, 0.3) is 5.57 Å². The molecule has 0 spiro atoms. The highest BCUT2D eigenvalue weighted by atomic mass is 16.5. The Kier molecular flexibility index (Phi) is 4.19. The number of anilines is 1. The molecule has 1 aliphatic rings. The molecule has 128 valence electrons. The van der Waals surface area contributed by atoms with Gasteiger partial charge in [0.25, 0.3) is 5.91 Å². The van der Waals surface area contributed by atoms with Crippen molar-refractivity contribution in [3.05, 3.63) is 59.4 Å². The molecule has 2 aromatic carbocycles. The summed E-state index contributed by atoms with van der Waals surface area (Å²) in [4.78, 5) is 26.2. The highest BCUT2D eigenvalue weighted by molar-refractivity contribution is 6.45. The second-order valence-electron chi connectivity index (χ2n) is 5.57. The normalized spacial score (nSPS) is 14.3. The van der Waals surface area contributed by atoms with Crippen molar-refractivity contribution in [3.63, 3.8) is 0 Å². The molecule has 6 nitrogen and oxygen atoms in total. The maximum atomic E-state index is 12.8. The van der Waals surface area contributed by atoms with Gasteiger partial charge in [0.2, 0.25) is 0 Å². The Morgan fingerprint density at radius 1 is 0.920 bits per heavy atom. The Hall–Kier alpha value is -3.28. The highest BCUT2D eigenvalue weighted by Gasteiger charge is 2.41. The Balaban J connectivity index is 2.06. The molecule has 1 heterocycles. The van der Waals surface area contributed by atoms with Crippen LogP contribution in [0.15, 0.2) is 48.2 Å². The number of methoxy groups -OCH3 is 2. The summed E-state index contributed by atoms with van der Waals surface area (Å²) >= 11 is 0. The van der Waals surface area contributed by atoms with Crippen LogP contribution in [0, 0.1) is 6.92 Å². The molecule has 1 N–H and O–H groups in total. The van der Waals surface area contributed by atoms with Crippen molar-refractivity contribution < 1.29 is 24.2 Å². The number of nitrogens with zero attached hydrogens (tertiary/aromatic N) is 1. The third-order valence-corrected chi connectivity index (χ3v) is 4.03. The van der Waals surface area contributed by atoms with Gasteiger partial charge < -0.3 is 14.6 Å². The van der Waals surface area contributed by atoms with E-state index in [4.69, 9.17) is 9.47 Å². The summed E-state index contributed by atoms with van der Waals surface area (Å²) in [5.41, 5.74) is 1.71. The van der Waals surface area contributed by atoms with Crippen LogP contribution in [0.2, 0.25) is 0 Å². The Morgan fingerprint density at radius 3 is 2.20 bits per heavy atom. The predicted molar refractivity (Wildman–Crippen MR) is 92.8 cm³/mol. The first-order chi connectivity index (χ1) is 12.0. The lowest BCUT2D eigenvalue weighted by molar-refractivity contribution is -0.121. The summed E-state index contributed by atoms with van der Waals surface area (Å²) < 4.78 is 10.4. The zero-order chi connectivity index (χ0) is 18.1. The molecular formula is C19H17NO5. The number of amides is 2. The van der Waals surface area contributed by atoms with E-state index >= 15 is 0 Å². The standard InChI is InChI=1S/C19H17NO5/c1-11-4-6-12(7-5-11)16-17(21)19(23)20(18(16)22)14-9-8-13(24-2)10-15(14)25-3/h4-10,21H,1-3H3. The molecule has 0 aromatic heterocycles. The minimum atomic E-state index is -0.788. The number of aryl methyl sites for hydroxylation is 1. The molecule has 2 amide bonds. The molecule has 0 unspecified atom stereocenters. The number of hydrogen-bond acceptors (Lipinski definition) is 5. The maximum absolute atomic E-state index is 12.8. The quantitative estimate of drug-likeness (QED) is 0.867. The van der Waals surface area contributed by atoms with Crippen LogP contribution in [0.4, 0.5) is 5.69 Å². The van der Waals surface area contributed by atoms with Crippen LogP contribution in [0.1, 0.15) is 11.1 Å². The average molecular weight is 339 g/mol. The van der Waals surface area contributed by atoms with E-state index < -0.39 is 17.6 Å². The molecule has 0 radical (unpaired) electrons. The second-order valence-corrected chi connectivity index (χ2v) is 5.57. The van der Waals surface area contributed by atoms with Gasteiger partial charge in [-0.3, -0.25) is 9.59 Å². The molecule has 0 atom stereocenters. The molecule has 25 heavy (non-hydrogen) atoms. The molecule has 2 aromatic rings. The van der Waals surface area contributed by atoms with Gasteiger partial charge in [0.15, 0.2) is 5.76 Å². The van der Waals surface area contributed by atoms with Crippen LogP contribution < -0.4 is 14.4 Å². The fourth-order valence-corrected chi connectivity index (χ4v) is 2.69. The van der Waals surface area contributed by atoms with Crippen LogP contribution in [0.5, 0.6) is 11.5 Å². The van der Waals surface area contributed by atoms with E-state index in [1.807, 2.05) is 19.1 Å². The number of imide groups is 1. The molecule has 0 saturated carbocycles. The second kappa shape index (κ2) is 6.32. The minimum absolute atomic E-state index is 0.0251. The summed E-state index contributed by atoms with van der Waals surface area (Å²) in [5.74, 6) is -1.15. The number of ether oxygens (including phenoxy) is 2. The topological polar surface area (TPSA) is 76.1 Å². The fourth-order valence-electron chi connectivity index (χ4n) is 2.69. The van der Waals surface area contributed by atoms with Gasteiger partial charge in [-0.15, -0.1) is 0 Å². The van der Waals surface area contributed by atoms with E-state index in [0.717, 1.165) is 10.5 Å². The monoisotopic (exact) mass is 339 g/mol. The average Bonchev–Trinajstić information content (AvgIpc) is 2.84. The lowest BCUT2D eigenvalue weighted by atomic mass is 10.0. The lowest BCUT2D eigenvalue weighted by Gasteiger charge is -2.18. The van der Waals surface area contributed by atoms with Crippen LogP contribution in [0.3, 0.4) is 0 Å². The molecule has 1 aliphatic heterocycles. The zero-order valence-electron chi connectivity index (χ0n) is 14.1. The summed E-state index contributed by atoms with van der Waals surface area (Å²) in [7, 11) is 2.93.